The molecule has 0 spiro atoms. The van der Waals surface area contributed by atoms with Gasteiger partial charge in [-0.1, -0.05) is 224 Å². The monoisotopic (exact) mass is 996 g/mol. The van der Waals surface area contributed by atoms with Gasteiger partial charge in [-0.2, -0.15) is 0 Å². The molecule has 0 saturated carbocycles. The highest BCUT2D eigenvalue weighted by atomic mass is 32.1. The van der Waals surface area contributed by atoms with Crippen molar-refractivity contribution in [2.24, 2.45) is 0 Å². The third-order valence-electron chi connectivity index (χ3n) is 16.9. The Labute approximate surface area is 452 Å². The third kappa shape index (κ3) is 6.18. The minimum atomic E-state index is -0.540. The van der Waals surface area contributed by atoms with E-state index >= 15 is 0 Å². The average molecular weight is 997 g/mol. The lowest BCUT2D eigenvalue weighted by atomic mass is 9.64. The molecule has 1 aromatic heterocycles. The quantitative estimate of drug-likeness (QED) is 0.150. The standard InChI is InChI=1S/C74H48N2S/c1-5-21-51(22-6-1)73(52-23-7-2-8-24-52)63-33-15-13-29-57(63)58-46-44-56(48-66(58)73)75(69-37-20-32-62-60-30-14-18-38-70(60)77-72(62)69)55-42-39-49(40-43-55)50-41-45-59-61-31-19-36-68-71(61)74(65(59)47-50,53-25-9-3-10-26-53)64-34-16-17-35-67(64)76(68)54-27-11-4-12-28-54/h1-48H. The lowest BCUT2D eigenvalue weighted by molar-refractivity contribution is 0.754. The van der Waals surface area contributed by atoms with Crippen molar-refractivity contribution in [2.75, 3.05) is 9.80 Å². The maximum absolute atomic E-state index is 2.51. The summed E-state index contributed by atoms with van der Waals surface area (Å²) in [5.74, 6) is 0. The Hall–Kier alpha value is -9.54. The van der Waals surface area contributed by atoms with E-state index < -0.39 is 10.8 Å². The SMILES string of the molecule is c1ccc(N2c3ccccc3C3(c4ccccc4)c4cc(-c5ccc(N(c6ccc7c(c6)C(c6ccccc6)(c6ccccc6)c6ccccc6-7)c6cccc7c6sc6ccccc67)cc5)ccc4-c4cccc2c43)cc1. The van der Waals surface area contributed by atoms with Crippen molar-refractivity contribution >= 4 is 65.6 Å². The van der Waals surface area contributed by atoms with Crippen LogP contribution in [0.25, 0.3) is 53.6 Å². The molecule has 0 fully saturated rings. The van der Waals surface area contributed by atoms with Crippen LogP contribution in [-0.4, -0.2) is 0 Å². The number of nitrogens with zero attached hydrogens (tertiary/aromatic N) is 2. The molecule has 1 unspecified atom stereocenters. The molecular formula is C74H48N2S. The first-order chi connectivity index (χ1) is 38.2. The van der Waals surface area contributed by atoms with Crippen LogP contribution in [-0.2, 0) is 10.8 Å². The van der Waals surface area contributed by atoms with Gasteiger partial charge in [0.1, 0.15) is 0 Å². The van der Waals surface area contributed by atoms with E-state index in [9.17, 15) is 0 Å². The van der Waals surface area contributed by atoms with E-state index in [1.165, 1.54) is 109 Å². The molecule has 0 saturated heterocycles. The second-order valence-electron chi connectivity index (χ2n) is 20.7. The van der Waals surface area contributed by atoms with E-state index in [2.05, 4.69) is 301 Å². The lowest BCUT2D eigenvalue weighted by Gasteiger charge is -2.44. The molecule has 2 heterocycles. The summed E-state index contributed by atoms with van der Waals surface area (Å²) in [7, 11) is 0. The van der Waals surface area contributed by atoms with Crippen molar-refractivity contribution in [1.29, 1.82) is 0 Å². The second kappa shape index (κ2) is 17.0. The molecule has 0 N–H and O–H groups in total. The molecule has 0 radical (unpaired) electrons. The van der Waals surface area contributed by atoms with Gasteiger partial charge in [-0.3, -0.25) is 0 Å². The number of benzene rings is 12. The molecule has 16 rings (SSSR count). The number of para-hydroxylation sites is 2. The zero-order valence-electron chi connectivity index (χ0n) is 42.0. The highest BCUT2D eigenvalue weighted by Gasteiger charge is 2.53. The van der Waals surface area contributed by atoms with Crippen molar-refractivity contribution in [1.82, 2.24) is 0 Å². The highest BCUT2D eigenvalue weighted by molar-refractivity contribution is 7.26. The van der Waals surface area contributed by atoms with Gasteiger partial charge in [0.2, 0.25) is 0 Å². The van der Waals surface area contributed by atoms with Crippen LogP contribution in [0.5, 0.6) is 0 Å². The number of hydrogen-bond acceptors (Lipinski definition) is 3. The van der Waals surface area contributed by atoms with E-state index in [4.69, 9.17) is 0 Å². The van der Waals surface area contributed by atoms with Crippen LogP contribution in [0.3, 0.4) is 0 Å². The van der Waals surface area contributed by atoms with Gasteiger partial charge in [-0.05, 0) is 139 Å². The molecule has 1 atom stereocenters. The Morgan fingerprint density at radius 3 is 1.60 bits per heavy atom. The molecule has 2 aliphatic carbocycles. The number of thiophene rings is 1. The molecule has 77 heavy (non-hydrogen) atoms. The minimum Gasteiger partial charge on any atom is -0.310 e. The van der Waals surface area contributed by atoms with Crippen LogP contribution < -0.4 is 9.80 Å². The smallest absolute Gasteiger partial charge is 0.0754 e. The number of rotatable bonds is 8. The van der Waals surface area contributed by atoms with Crippen LogP contribution in [0.4, 0.5) is 34.1 Å². The first-order valence-electron chi connectivity index (χ1n) is 26.7. The van der Waals surface area contributed by atoms with Crippen LogP contribution >= 0.6 is 11.3 Å². The van der Waals surface area contributed by atoms with Crippen molar-refractivity contribution in [3.8, 4) is 33.4 Å². The Kier molecular flexibility index (Phi) is 9.67. The van der Waals surface area contributed by atoms with E-state index in [0.29, 0.717) is 0 Å². The van der Waals surface area contributed by atoms with Gasteiger partial charge in [-0.15, -0.1) is 11.3 Å². The highest BCUT2D eigenvalue weighted by Crippen LogP contribution is 2.65. The van der Waals surface area contributed by atoms with Crippen molar-refractivity contribution < 1.29 is 0 Å². The molecule has 12 aromatic carbocycles. The molecule has 13 aromatic rings. The lowest BCUT2D eigenvalue weighted by Crippen LogP contribution is -2.35. The second-order valence-corrected chi connectivity index (χ2v) is 21.7. The molecule has 2 nitrogen and oxygen atoms in total. The molecule has 0 amide bonds. The maximum Gasteiger partial charge on any atom is 0.0754 e. The van der Waals surface area contributed by atoms with Gasteiger partial charge in [0.15, 0.2) is 0 Å². The molecule has 1 aliphatic heterocycles. The first-order valence-corrected chi connectivity index (χ1v) is 27.5. The molecule has 360 valence electrons. The molecule has 3 heteroatoms. The fourth-order valence-corrected chi connectivity index (χ4v) is 15.1. The zero-order chi connectivity index (χ0) is 50.7. The summed E-state index contributed by atoms with van der Waals surface area (Å²) in [5, 5.41) is 2.56. The first kappa shape index (κ1) is 43.8. The van der Waals surface area contributed by atoms with Gasteiger partial charge in [0.25, 0.3) is 0 Å². The largest absolute Gasteiger partial charge is 0.310 e. The predicted molar refractivity (Wildman–Crippen MR) is 322 cm³/mol. The summed E-state index contributed by atoms with van der Waals surface area (Å²) < 4.78 is 2.55. The normalized spacial score (nSPS) is 15.1. The number of fused-ring (bicyclic) bond motifs is 11. The molecule has 3 aliphatic rings. The maximum atomic E-state index is 2.51. The van der Waals surface area contributed by atoms with E-state index in [-0.39, 0.29) is 0 Å². The van der Waals surface area contributed by atoms with Gasteiger partial charge in [-0.25, -0.2) is 0 Å². The van der Waals surface area contributed by atoms with Crippen molar-refractivity contribution in [2.45, 2.75) is 10.8 Å². The summed E-state index contributed by atoms with van der Waals surface area (Å²) in [5.41, 5.74) is 23.6. The fourth-order valence-electron chi connectivity index (χ4n) is 13.9. The number of hydrogen-bond donors (Lipinski definition) is 0. The van der Waals surface area contributed by atoms with Gasteiger partial charge < -0.3 is 9.80 Å². The van der Waals surface area contributed by atoms with Crippen molar-refractivity contribution in [3.05, 3.63) is 336 Å². The van der Waals surface area contributed by atoms with E-state index in [0.717, 1.165) is 22.7 Å². The average Bonchev–Trinajstić information content (AvgIpc) is 4.34. The Morgan fingerprint density at radius 1 is 0.325 bits per heavy atom. The van der Waals surface area contributed by atoms with Gasteiger partial charge >= 0.3 is 0 Å². The number of anilines is 6. The fraction of sp³-hybridized carbons (Fsp3) is 0.0270. The van der Waals surface area contributed by atoms with Crippen LogP contribution in [0, 0.1) is 0 Å². The van der Waals surface area contributed by atoms with E-state index in [1.54, 1.807) is 0 Å². The Bertz CT molecular complexity index is 4410. The van der Waals surface area contributed by atoms with Gasteiger partial charge in [0.05, 0.1) is 32.6 Å². The summed E-state index contributed by atoms with van der Waals surface area (Å²) in [6, 6.07) is 109. The molecule has 0 bridgehead atoms. The summed E-state index contributed by atoms with van der Waals surface area (Å²) >= 11 is 1.88. The zero-order valence-corrected chi connectivity index (χ0v) is 42.8. The Balaban J connectivity index is 0.887. The minimum absolute atomic E-state index is 0.534. The summed E-state index contributed by atoms with van der Waals surface area (Å²) in [6.45, 7) is 0. The topological polar surface area (TPSA) is 6.48 Å². The van der Waals surface area contributed by atoms with Gasteiger partial charge in [0, 0.05) is 38.1 Å². The van der Waals surface area contributed by atoms with Crippen LogP contribution in [0.2, 0.25) is 0 Å². The van der Waals surface area contributed by atoms with E-state index in [1.807, 2.05) is 11.3 Å². The molecular weight excluding hydrogens is 949 g/mol. The van der Waals surface area contributed by atoms with Crippen LogP contribution in [0.15, 0.2) is 291 Å². The van der Waals surface area contributed by atoms with Crippen LogP contribution in [0.1, 0.15) is 44.5 Å². The summed E-state index contributed by atoms with van der Waals surface area (Å²) in [6.07, 6.45) is 0. The summed E-state index contributed by atoms with van der Waals surface area (Å²) in [4.78, 5) is 4.98. The van der Waals surface area contributed by atoms with Crippen molar-refractivity contribution in [3.63, 3.8) is 0 Å². The Morgan fingerprint density at radius 2 is 0.844 bits per heavy atom. The third-order valence-corrected chi connectivity index (χ3v) is 18.1. The predicted octanol–water partition coefficient (Wildman–Crippen LogP) is 19.7.